The number of halogens is 3. The highest BCUT2D eigenvalue weighted by Crippen LogP contribution is 2.31. The summed E-state index contributed by atoms with van der Waals surface area (Å²) in [6, 6.07) is 8.24. The molecule has 4 aromatic rings. The van der Waals surface area contributed by atoms with E-state index < -0.39 is 29.6 Å². The van der Waals surface area contributed by atoms with Crippen molar-refractivity contribution in [3.8, 4) is 11.6 Å². The van der Waals surface area contributed by atoms with Gasteiger partial charge in [-0.05, 0) is 45.0 Å². The van der Waals surface area contributed by atoms with E-state index in [1.165, 1.54) is 22.0 Å². The fraction of sp³-hybridized carbons (Fsp3) is 0.320. The number of hydrogen-bond acceptors (Lipinski definition) is 7. The van der Waals surface area contributed by atoms with Crippen molar-refractivity contribution in [1.82, 2.24) is 29.2 Å². The number of rotatable bonds is 5. The smallest absolute Gasteiger partial charge is 0.433 e. The van der Waals surface area contributed by atoms with Gasteiger partial charge in [0.05, 0.1) is 17.8 Å². The molecule has 3 aromatic heterocycles. The van der Waals surface area contributed by atoms with Crippen LogP contribution in [0.15, 0.2) is 48.9 Å². The van der Waals surface area contributed by atoms with Crippen molar-refractivity contribution in [1.29, 1.82) is 0 Å². The van der Waals surface area contributed by atoms with E-state index in [9.17, 15) is 22.8 Å². The van der Waals surface area contributed by atoms with Gasteiger partial charge in [0.1, 0.15) is 23.4 Å². The number of amides is 2. The zero-order chi connectivity index (χ0) is 28.5. The van der Waals surface area contributed by atoms with Gasteiger partial charge in [0, 0.05) is 37.8 Å². The number of anilines is 1. The van der Waals surface area contributed by atoms with Crippen LogP contribution in [-0.2, 0) is 24.5 Å². The fourth-order valence-corrected chi connectivity index (χ4v) is 3.61. The molecule has 1 aromatic carbocycles. The van der Waals surface area contributed by atoms with E-state index in [1.54, 1.807) is 58.2 Å². The van der Waals surface area contributed by atoms with Crippen molar-refractivity contribution >= 4 is 28.8 Å². The summed E-state index contributed by atoms with van der Waals surface area (Å²) < 4.78 is 52.1. The Kier molecular flexibility index (Phi) is 7.22. The summed E-state index contributed by atoms with van der Waals surface area (Å²) >= 11 is 0. The molecular formula is C25H26F3N7O4. The van der Waals surface area contributed by atoms with Crippen molar-refractivity contribution in [3.05, 3.63) is 60.3 Å². The lowest BCUT2D eigenvalue weighted by Crippen LogP contribution is -2.34. The summed E-state index contributed by atoms with van der Waals surface area (Å²) in [7, 11) is 2.74. The number of carbonyl (C=O) groups excluding carboxylic acids is 2. The number of nitrogens with zero attached hydrogens (tertiary/aromatic N) is 6. The van der Waals surface area contributed by atoms with E-state index in [1.807, 2.05) is 0 Å². The van der Waals surface area contributed by atoms with Crippen LogP contribution in [0.3, 0.4) is 0 Å². The third kappa shape index (κ3) is 6.64. The van der Waals surface area contributed by atoms with Crippen LogP contribution in [-0.4, -0.2) is 54.0 Å². The number of aromatic nitrogens is 5. The Morgan fingerprint density at radius 3 is 2.49 bits per heavy atom. The highest BCUT2D eigenvalue weighted by molar-refractivity contribution is 5.98. The molecule has 0 unspecified atom stereocenters. The molecule has 14 heteroatoms. The molecule has 39 heavy (non-hydrogen) atoms. The van der Waals surface area contributed by atoms with Crippen LogP contribution >= 0.6 is 0 Å². The molecule has 0 saturated carbocycles. The molecule has 206 valence electrons. The Labute approximate surface area is 221 Å². The molecular weight excluding hydrogens is 519 g/mol. The molecule has 0 aliphatic carbocycles. The van der Waals surface area contributed by atoms with Crippen LogP contribution in [0.1, 0.15) is 32.2 Å². The van der Waals surface area contributed by atoms with Crippen molar-refractivity contribution in [2.45, 2.75) is 39.1 Å². The number of ether oxygens (including phenoxy) is 2. The van der Waals surface area contributed by atoms with Crippen molar-refractivity contribution in [2.75, 3.05) is 12.4 Å². The maximum atomic E-state index is 13.0. The molecule has 2 amide bonds. The van der Waals surface area contributed by atoms with Crippen LogP contribution in [0.5, 0.6) is 11.6 Å². The van der Waals surface area contributed by atoms with E-state index in [-0.39, 0.29) is 18.2 Å². The standard InChI is InChI=1S/C25H26F3N7O4/c1-24(2,3)39-23(37)33(4)13-16-11-21(30-14-29-16)38-17-6-7-18-15(10-17)8-9-35(18)22(36)31-20-12-19(25(26,27)28)34(5)32-20/h6-12,14H,13H2,1-5H3,(H,31,32,36). The molecule has 0 radical (unpaired) electrons. The van der Waals surface area contributed by atoms with Crippen molar-refractivity contribution in [2.24, 2.45) is 7.05 Å². The van der Waals surface area contributed by atoms with Crippen LogP contribution in [0, 0.1) is 0 Å². The lowest BCUT2D eigenvalue weighted by Gasteiger charge is -2.24. The third-order valence-corrected chi connectivity index (χ3v) is 5.31. The molecule has 0 bridgehead atoms. The maximum absolute atomic E-state index is 13.0. The van der Waals surface area contributed by atoms with Gasteiger partial charge >= 0.3 is 18.3 Å². The number of hydrogen-bond donors (Lipinski definition) is 1. The second-order valence-corrected chi connectivity index (χ2v) is 9.66. The van der Waals surface area contributed by atoms with E-state index in [4.69, 9.17) is 9.47 Å². The Bertz CT molecular complexity index is 1520. The van der Waals surface area contributed by atoms with Crippen molar-refractivity contribution in [3.63, 3.8) is 0 Å². The molecule has 11 nitrogen and oxygen atoms in total. The Morgan fingerprint density at radius 2 is 1.82 bits per heavy atom. The first-order chi connectivity index (χ1) is 18.2. The van der Waals surface area contributed by atoms with Gasteiger partial charge < -0.3 is 14.4 Å². The van der Waals surface area contributed by atoms with E-state index in [0.29, 0.717) is 27.0 Å². The van der Waals surface area contributed by atoms with Gasteiger partial charge in [-0.25, -0.2) is 19.6 Å². The molecule has 0 aliphatic rings. The SMILES string of the molecule is CN(Cc1cc(Oc2ccc3c(ccn3C(=O)Nc3cc(C(F)(F)F)n(C)n3)c2)ncn1)C(=O)OC(C)(C)C. The zero-order valence-electron chi connectivity index (χ0n) is 21.8. The first-order valence-corrected chi connectivity index (χ1v) is 11.7. The van der Waals surface area contributed by atoms with Crippen LogP contribution in [0.25, 0.3) is 10.9 Å². The minimum Gasteiger partial charge on any atom is -0.444 e. The molecule has 1 N–H and O–H groups in total. The second-order valence-electron chi connectivity index (χ2n) is 9.66. The van der Waals surface area contributed by atoms with Gasteiger partial charge in [-0.1, -0.05) is 0 Å². The highest BCUT2D eigenvalue weighted by Gasteiger charge is 2.35. The number of benzene rings is 1. The molecule has 0 aliphatic heterocycles. The van der Waals surface area contributed by atoms with Crippen LogP contribution in [0.2, 0.25) is 0 Å². The Balaban J connectivity index is 1.45. The Morgan fingerprint density at radius 1 is 1.08 bits per heavy atom. The summed E-state index contributed by atoms with van der Waals surface area (Å²) in [6.07, 6.45) is -2.30. The number of alkyl halides is 3. The summed E-state index contributed by atoms with van der Waals surface area (Å²) in [5.74, 6) is 0.434. The minimum absolute atomic E-state index is 0.172. The number of carbonyl (C=O) groups is 2. The Hall–Kier alpha value is -4.62. The molecule has 3 heterocycles. The molecule has 0 atom stereocenters. The lowest BCUT2D eigenvalue weighted by atomic mass is 10.2. The van der Waals surface area contributed by atoms with Gasteiger partial charge in [-0.2, -0.15) is 18.3 Å². The fourth-order valence-electron chi connectivity index (χ4n) is 3.61. The van der Waals surface area contributed by atoms with Crippen molar-refractivity contribution < 1.29 is 32.2 Å². The predicted octanol–water partition coefficient (Wildman–Crippen LogP) is 5.42. The largest absolute Gasteiger partial charge is 0.444 e. The summed E-state index contributed by atoms with van der Waals surface area (Å²) in [6.45, 7) is 5.51. The average molecular weight is 546 g/mol. The van der Waals surface area contributed by atoms with Gasteiger partial charge in [0.15, 0.2) is 5.82 Å². The molecule has 0 fully saturated rings. The number of aryl methyl sites for hydroxylation is 1. The molecule has 0 spiro atoms. The predicted molar refractivity (Wildman–Crippen MR) is 134 cm³/mol. The monoisotopic (exact) mass is 545 g/mol. The highest BCUT2D eigenvalue weighted by atomic mass is 19.4. The second kappa shape index (κ2) is 10.3. The first-order valence-electron chi connectivity index (χ1n) is 11.7. The lowest BCUT2D eigenvalue weighted by molar-refractivity contribution is -0.143. The maximum Gasteiger partial charge on any atom is 0.433 e. The topological polar surface area (TPSA) is 116 Å². The average Bonchev–Trinajstić information content (AvgIpc) is 3.41. The van der Waals surface area contributed by atoms with Crippen LogP contribution < -0.4 is 10.1 Å². The minimum atomic E-state index is -4.60. The normalized spacial score (nSPS) is 11.9. The third-order valence-electron chi connectivity index (χ3n) is 5.31. The summed E-state index contributed by atoms with van der Waals surface area (Å²) in [5, 5.41) is 6.72. The van der Waals surface area contributed by atoms with E-state index in [2.05, 4.69) is 20.4 Å². The first kappa shape index (κ1) is 27.4. The van der Waals surface area contributed by atoms with Gasteiger partial charge in [0.2, 0.25) is 5.88 Å². The number of nitrogens with one attached hydrogen (secondary N) is 1. The van der Waals surface area contributed by atoms with Gasteiger partial charge in [-0.3, -0.25) is 14.6 Å². The van der Waals surface area contributed by atoms with E-state index in [0.717, 1.165) is 13.1 Å². The quantitative estimate of drug-likeness (QED) is 0.356. The number of fused-ring (bicyclic) bond motifs is 1. The zero-order valence-corrected chi connectivity index (χ0v) is 21.8. The van der Waals surface area contributed by atoms with Crippen LogP contribution in [0.4, 0.5) is 28.6 Å². The summed E-state index contributed by atoms with van der Waals surface area (Å²) in [5.41, 5.74) is -0.588. The van der Waals surface area contributed by atoms with Gasteiger partial charge in [0.25, 0.3) is 0 Å². The van der Waals surface area contributed by atoms with E-state index >= 15 is 0 Å². The molecule has 0 saturated heterocycles. The molecule has 4 rings (SSSR count). The summed E-state index contributed by atoms with van der Waals surface area (Å²) in [4.78, 5) is 34.6. The van der Waals surface area contributed by atoms with Gasteiger partial charge in [-0.15, -0.1) is 0 Å².